The third-order valence-corrected chi connectivity index (χ3v) is 4.10. The molecule has 0 radical (unpaired) electrons. The predicted octanol–water partition coefficient (Wildman–Crippen LogP) is 1.82. The Balaban J connectivity index is 1.49. The SMILES string of the molecule is O=C(NCCc1cccnc1)c1ccnc(C(=O)NCCc2cccnc2)c1. The minimum atomic E-state index is -0.311. The number of hydrogen-bond acceptors (Lipinski definition) is 5. The van der Waals surface area contributed by atoms with Crippen LogP contribution in [-0.4, -0.2) is 39.9 Å². The van der Waals surface area contributed by atoms with Crippen molar-refractivity contribution in [1.29, 1.82) is 0 Å². The van der Waals surface area contributed by atoms with Crippen LogP contribution in [0.4, 0.5) is 0 Å². The second kappa shape index (κ2) is 9.91. The molecule has 2 N–H and O–H groups in total. The van der Waals surface area contributed by atoms with E-state index in [1.807, 2.05) is 24.3 Å². The molecule has 0 atom stereocenters. The molecule has 0 bridgehead atoms. The maximum Gasteiger partial charge on any atom is 0.269 e. The van der Waals surface area contributed by atoms with Gasteiger partial charge in [0.25, 0.3) is 11.8 Å². The van der Waals surface area contributed by atoms with Crippen molar-refractivity contribution < 1.29 is 9.59 Å². The van der Waals surface area contributed by atoms with E-state index >= 15 is 0 Å². The maximum atomic E-state index is 12.3. The molecular formula is C21H21N5O2. The smallest absolute Gasteiger partial charge is 0.269 e. The molecule has 3 rings (SSSR count). The Labute approximate surface area is 163 Å². The quantitative estimate of drug-likeness (QED) is 0.626. The first-order valence-electron chi connectivity index (χ1n) is 9.02. The number of nitrogens with zero attached hydrogens (tertiary/aromatic N) is 3. The van der Waals surface area contributed by atoms with Gasteiger partial charge in [0, 0.05) is 49.6 Å². The first-order chi connectivity index (χ1) is 13.7. The lowest BCUT2D eigenvalue weighted by Gasteiger charge is -2.08. The summed E-state index contributed by atoms with van der Waals surface area (Å²) >= 11 is 0. The van der Waals surface area contributed by atoms with Gasteiger partial charge in [-0.3, -0.25) is 24.5 Å². The molecule has 0 aliphatic heterocycles. The lowest BCUT2D eigenvalue weighted by molar-refractivity contribution is 0.0949. The number of carbonyl (C=O) groups excluding carboxylic acids is 2. The zero-order chi connectivity index (χ0) is 19.6. The minimum Gasteiger partial charge on any atom is -0.352 e. The molecule has 7 nitrogen and oxygen atoms in total. The molecule has 7 heteroatoms. The van der Waals surface area contributed by atoms with Crippen LogP contribution in [0.5, 0.6) is 0 Å². The van der Waals surface area contributed by atoms with Crippen molar-refractivity contribution in [2.45, 2.75) is 12.8 Å². The topological polar surface area (TPSA) is 96.9 Å². The molecule has 0 saturated carbocycles. The van der Waals surface area contributed by atoms with Crippen LogP contribution >= 0.6 is 0 Å². The summed E-state index contributed by atoms with van der Waals surface area (Å²) in [6.07, 6.45) is 9.78. The molecule has 0 unspecified atom stereocenters. The van der Waals surface area contributed by atoms with Crippen LogP contribution in [0.1, 0.15) is 32.0 Å². The van der Waals surface area contributed by atoms with Gasteiger partial charge in [0.05, 0.1) is 0 Å². The number of amides is 2. The van der Waals surface area contributed by atoms with Crippen LogP contribution in [0.15, 0.2) is 67.4 Å². The Morgan fingerprint density at radius 2 is 1.39 bits per heavy atom. The first-order valence-corrected chi connectivity index (χ1v) is 9.02. The van der Waals surface area contributed by atoms with Crippen molar-refractivity contribution >= 4 is 11.8 Å². The highest BCUT2D eigenvalue weighted by atomic mass is 16.2. The van der Waals surface area contributed by atoms with E-state index in [9.17, 15) is 9.59 Å². The van der Waals surface area contributed by atoms with E-state index in [0.29, 0.717) is 31.5 Å². The van der Waals surface area contributed by atoms with Gasteiger partial charge in [0.1, 0.15) is 5.69 Å². The molecule has 3 aromatic rings. The summed E-state index contributed by atoms with van der Waals surface area (Å²) < 4.78 is 0. The molecule has 142 valence electrons. The average Bonchev–Trinajstić information content (AvgIpc) is 2.75. The highest BCUT2D eigenvalue weighted by Gasteiger charge is 2.11. The predicted molar refractivity (Wildman–Crippen MR) is 105 cm³/mol. The number of nitrogens with one attached hydrogen (secondary N) is 2. The van der Waals surface area contributed by atoms with Crippen molar-refractivity contribution in [2.75, 3.05) is 13.1 Å². The van der Waals surface area contributed by atoms with Crippen LogP contribution in [0.3, 0.4) is 0 Å². The van der Waals surface area contributed by atoms with E-state index in [2.05, 4.69) is 25.6 Å². The number of rotatable bonds is 8. The van der Waals surface area contributed by atoms with Crippen molar-refractivity contribution in [1.82, 2.24) is 25.6 Å². The lowest BCUT2D eigenvalue weighted by Crippen LogP contribution is -2.28. The van der Waals surface area contributed by atoms with Gasteiger partial charge in [-0.25, -0.2) is 0 Å². The highest BCUT2D eigenvalue weighted by Crippen LogP contribution is 2.03. The van der Waals surface area contributed by atoms with Gasteiger partial charge in [-0.2, -0.15) is 0 Å². The monoisotopic (exact) mass is 375 g/mol. The van der Waals surface area contributed by atoms with Gasteiger partial charge in [-0.1, -0.05) is 12.1 Å². The van der Waals surface area contributed by atoms with Gasteiger partial charge in [-0.05, 0) is 48.2 Å². The Hall–Kier alpha value is -3.61. The number of aromatic nitrogens is 3. The van der Waals surface area contributed by atoms with Gasteiger partial charge < -0.3 is 10.6 Å². The number of pyridine rings is 3. The summed E-state index contributed by atoms with van der Waals surface area (Å²) in [5, 5.41) is 5.66. The summed E-state index contributed by atoms with van der Waals surface area (Å²) in [7, 11) is 0. The third-order valence-electron chi connectivity index (χ3n) is 4.10. The summed E-state index contributed by atoms with van der Waals surface area (Å²) in [5.74, 6) is -0.551. The van der Waals surface area contributed by atoms with Crippen molar-refractivity contribution in [3.05, 3.63) is 89.8 Å². The number of hydrogen-bond donors (Lipinski definition) is 2. The van der Waals surface area contributed by atoms with Gasteiger partial charge in [-0.15, -0.1) is 0 Å². The largest absolute Gasteiger partial charge is 0.352 e. The Bertz CT molecular complexity index is 844. The molecule has 28 heavy (non-hydrogen) atoms. The van der Waals surface area contributed by atoms with Crippen LogP contribution in [-0.2, 0) is 12.8 Å². The molecule has 0 aromatic carbocycles. The van der Waals surface area contributed by atoms with Crippen molar-refractivity contribution in [2.24, 2.45) is 0 Å². The second-order valence-electron chi connectivity index (χ2n) is 6.16. The Morgan fingerprint density at radius 3 is 1.96 bits per heavy atom. The fourth-order valence-electron chi connectivity index (χ4n) is 2.62. The van der Waals surface area contributed by atoms with E-state index in [0.717, 1.165) is 11.1 Å². The third kappa shape index (κ3) is 5.70. The van der Waals surface area contributed by atoms with Crippen LogP contribution in [0.25, 0.3) is 0 Å². The van der Waals surface area contributed by atoms with Crippen molar-refractivity contribution in [3.63, 3.8) is 0 Å². The molecule has 0 aliphatic carbocycles. The molecule has 0 fully saturated rings. The zero-order valence-corrected chi connectivity index (χ0v) is 15.3. The zero-order valence-electron chi connectivity index (χ0n) is 15.3. The summed E-state index contributed by atoms with van der Waals surface area (Å²) in [4.78, 5) is 36.7. The van der Waals surface area contributed by atoms with E-state index in [-0.39, 0.29) is 17.5 Å². The normalized spacial score (nSPS) is 10.3. The standard InChI is InChI=1S/C21H21N5O2/c27-20(25-10-5-16-3-1-8-22-14-16)18-7-12-24-19(13-18)21(28)26-11-6-17-4-2-9-23-15-17/h1-4,7-9,12-15H,5-6,10-11H2,(H,25,27)(H,26,28). The van der Waals surface area contributed by atoms with Gasteiger partial charge >= 0.3 is 0 Å². The molecule has 0 saturated heterocycles. The van der Waals surface area contributed by atoms with Gasteiger partial charge in [0.15, 0.2) is 0 Å². The number of carbonyl (C=O) groups is 2. The maximum absolute atomic E-state index is 12.3. The molecule has 2 amide bonds. The van der Waals surface area contributed by atoms with E-state index in [1.165, 1.54) is 12.3 Å². The lowest BCUT2D eigenvalue weighted by atomic mass is 10.2. The molecule has 3 heterocycles. The van der Waals surface area contributed by atoms with Crippen molar-refractivity contribution in [3.8, 4) is 0 Å². The second-order valence-corrected chi connectivity index (χ2v) is 6.16. The fourth-order valence-corrected chi connectivity index (χ4v) is 2.62. The molecular weight excluding hydrogens is 354 g/mol. The van der Waals surface area contributed by atoms with Crippen LogP contribution in [0.2, 0.25) is 0 Å². The first kappa shape index (κ1) is 19.2. The Morgan fingerprint density at radius 1 is 0.786 bits per heavy atom. The van der Waals surface area contributed by atoms with Crippen LogP contribution < -0.4 is 10.6 Å². The molecule has 0 aliphatic rings. The Kier molecular flexibility index (Phi) is 6.78. The summed E-state index contributed by atoms with van der Waals surface area (Å²) in [5.41, 5.74) is 2.70. The fraction of sp³-hybridized carbons (Fsp3) is 0.190. The van der Waals surface area contributed by atoms with E-state index in [4.69, 9.17) is 0 Å². The highest BCUT2D eigenvalue weighted by molar-refractivity contribution is 5.98. The average molecular weight is 375 g/mol. The summed E-state index contributed by atoms with van der Waals surface area (Å²) in [6, 6.07) is 10.7. The van der Waals surface area contributed by atoms with Gasteiger partial charge in [0.2, 0.25) is 0 Å². The molecule has 0 spiro atoms. The summed E-state index contributed by atoms with van der Waals surface area (Å²) in [6.45, 7) is 0.952. The van der Waals surface area contributed by atoms with E-state index in [1.54, 1.807) is 30.9 Å². The van der Waals surface area contributed by atoms with E-state index < -0.39 is 0 Å². The van der Waals surface area contributed by atoms with Crippen LogP contribution in [0, 0.1) is 0 Å². The molecule has 3 aromatic heterocycles. The minimum absolute atomic E-state index is 0.214.